The molecule has 24 heavy (non-hydrogen) atoms. The van der Waals surface area contributed by atoms with E-state index < -0.39 is 18.1 Å². The van der Waals surface area contributed by atoms with Crippen LogP contribution in [0.4, 0.5) is 13.2 Å². The Morgan fingerprint density at radius 1 is 1.25 bits per heavy atom. The van der Waals surface area contributed by atoms with Crippen LogP contribution in [-0.4, -0.2) is 31.7 Å². The van der Waals surface area contributed by atoms with Crippen molar-refractivity contribution >= 4 is 11.6 Å². The summed E-state index contributed by atoms with van der Waals surface area (Å²) in [4.78, 5) is 20.0. The van der Waals surface area contributed by atoms with E-state index in [1.165, 1.54) is 35.2 Å². The summed E-state index contributed by atoms with van der Waals surface area (Å²) >= 11 is 0. The zero-order valence-electron chi connectivity index (χ0n) is 12.4. The van der Waals surface area contributed by atoms with Gasteiger partial charge in [0.05, 0.1) is 17.5 Å². The van der Waals surface area contributed by atoms with E-state index in [2.05, 4.69) is 15.1 Å². The monoisotopic (exact) mass is 335 g/mol. The van der Waals surface area contributed by atoms with E-state index in [0.29, 0.717) is 11.3 Å². The van der Waals surface area contributed by atoms with Crippen molar-refractivity contribution in [2.45, 2.75) is 19.1 Å². The Hall–Kier alpha value is -2.97. The second kappa shape index (κ2) is 5.91. The number of aromatic nitrogens is 4. The fourth-order valence-corrected chi connectivity index (χ4v) is 2.32. The number of rotatable bonds is 3. The third-order valence-electron chi connectivity index (χ3n) is 3.52. The van der Waals surface area contributed by atoms with E-state index >= 15 is 0 Å². The number of nitrogens with zero attached hydrogens (tertiary/aromatic N) is 4. The zero-order chi connectivity index (χ0) is 17.3. The summed E-state index contributed by atoms with van der Waals surface area (Å²) in [6, 6.07) is 2.10. The fraction of sp³-hybridized carbons (Fsp3) is 0.200. The van der Waals surface area contributed by atoms with Crippen molar-refractivity contribution < 1.29 is 18.0 Å². The lowest BCUT2D eigenvalue weighted by molar-refractivity contribution is -0.155. The maximum absolute atomic E-state index is 13.3. The smallest absolute Gasteiger partial charge is 0.337 e. The first kappa shape index (κ1) is 15.9. The Labute approximate surface area is 134 Å². The second-order valence-corrected chi connectivity index (χ2v) is 5.09. The van der Waals surface area contributed by atoms with Gasteiger partial charge in [0.25, 0.3) is 5.91 Å². The fourth-order valence-electron chi connectivity index (χ4n) is 2.32. The summed E-state index contributed by atoms with van der Waals surface area (Å²) in [6.45, 7) is 1.59. The summed E-state index contributed by atoms with van der Waals surface area (Å²) in [7, 11) is 0. The molecule has 3 aromatic rings. The predicted octanol–water partition coefficient (Wildman–Crippen LogP) is 2.47. The van der Waals surface area contributed by atoms with Gasteiger partial charge in [0.1, 0.15) is 0 Å². The number of hydrogen-bond acceptors (Lipinski definition) is 4. The standard InChI is InChI=1S/C15H12F3N5O/c1-9-11(8-20-12-4-6-21-23(9)12)14(24)22-13(15(16,17)18)10-3-2-5-19-7-10/h2-8,13H,1H3,(H,22,24)/t13-/m0/s1. The Balaban J connectivity index is 1.94. The first-order chi connectivity index (χ1) is 11.4. The van der Waals surface area contributed by atoms with Crippen LogP contribution in [0.1, 0.15) is 27.7 Å². The third-order valence-corrected chi connectivity index (χ3v) is 3.52. The highest BCUT2D eigenvalue weighted by Gasteiger charge is 2.42. The molecule has 0 spiro atoms. The number of aryl methyl sites for hydroxylation is 1. The molecule has 1 atom stereocenters. The number of carbonyl (C=O) groups excluding carboxylic acids is 1. The van der Waals surface area contributed by atoms with E-state index in [4.69, 9.17) is 0 Å². The Morgan fingerprint density at radius 3 is 2.71 bits per heavy atom. The molecule has 0 aliphatic rings. The van der Waals surface area contributed by atoms with Crippen molar-refractivity contribution in [2.24, 2.45) is 0 Å². The van der Waals surface area contributed by atoms with Gasteiger partial charge in [-0.3, -0.25) is 9.78 Å². The van der Waals surface area contributed by atoms with Gasteiger partial charge in [-0.05, 0) is 13.0 Å². The second-order valence-electron chi connectivity index (χ2n) is 5.09. The molecule has 3 aromatic heterocycles. The maximum Gasteiger partial charge on any atom is 0.412 e. The number of alkyl halides is 3. The molecule has 0 unspecified atom stereocenters. The van der Waals surface area contributed by atoms with Crippen LogP contribution < -0.4 is 5.32 Å². The number of amides is 1. The van der Waals surface area contributed by atoms with Gasteiger partial charge in [-0.15, -0.1) is 0 Å². The average molecular weight is 335 g/mol. The number of pyridine rings is 1. The van der Waals surface area contributed by atoms with E-state index in [1.54, 1.807) is 13.0 Å². The van der Waals surface area contributed by atoms with Crippen LogP contribution in [0.15, 0.2) is 43.0 Å². The molecular weight excluding hydrogens is 323 g/mol. The molecule has 3 heterocycles. The third kappa shape index (κ3) is 2.92. The molecule has 0 bridgehead atoms. The summed E-state index contributed by atoms with van der Waals surface area (Å²) < 4.78 is 41.3. The summed E-state index contributed by atoms with van der Waals surface area (Å²) in [5.74, 6) is -0.886. The van der Waals surface area contributed by atoms with Crippen LogP contribution in [0.5, 0.6) is 0 Å². The zero-order valence-corrected chi connectivity index (χ0v) is 12.4. The highest BCUT2D eigenvalue weighted by Crippen LogP contribution is 2.32. The molecule has 3 rings (SSSR count). The molecular formula is C15H12F3N5O. The van der Waals surface area contributed by atoms with Crippen molar-refractivity contribution in [2.75, 3.05) is 0 Å². The highest BCUT2D eigenvalue weighted by molar-refractivity contribution is 5.95. The van der Waals surface area contributed by atoms with Gasteiger partial charge in [0, 0.05) is 30.2 Å². The quantitative estimate of drug-likeness (QED) is 0.798. The Morgan fingerprint density at radius 2 is 2.04 bits per heavy atom. The number of nitrogens with one attached hydrogen (secondary N) is 1. The van der Waals surface area contributed by atoms with Gasteiger partial charge < -0.3 is 5.32 Å². The first-order valence-electron chi connectivity index (χ1n) is 6.95. The molecule has 0 saturated heterocycles. The minimum absolute atomic E-state index is 0.0179. The number of fused-ring (bicyclic) bond motifs is 1. The van der Waals surface area contributed by atoms with E-state index in [9.17, 15) is 18.0 Å². The Bertz CT molecular complexity index is 876. The molecule has 6 nitrogen and oxygen atoms in total. The molecule has 0 fully saturated rings. The van der Waals surface area contributed by atoms with Gasteiger partial charge >= 0.3 is 6.18 Å². The number of halogens is 3. The summed E-state index contributed by atoms with van der Waals surface area (Å²) in [6.07, 6.45) is 0.498. The van der Waals surface area contributed by atoms with Gasteiger partial charge in [-0.1, -0.05) is 6.07 Å². The van der Waals surface area contributed by atoms with Gasteiger partial charge in [0.15, 0.2) is 11.7 Å². The summed E-state index contributed by atoms with van der Waals surface area (Å²) in [5.41, 5.74) is 0.770. The molecule has 9 heteroatoms. The van der Waals surface area contributed by atoms with Crippen LogP contribution >= 0.6 is 0 Å². The highest BCUT2D eigenvalue weighted by atomic mass is 19.4. The largest absolute Gasteiger partial charge is 0.412 e. The van der Waals surface area contributed by atoms with Gasteiger partial charge in [-0.2, -0.15) is 18.3 Å². The van der Waals surface area contributed by atoms with Crippen molar-refractivity contribution in [3.8, 4) is 0 Å². The molecule has 1 amide bonds. The Kier molecular flexibility index (Phi) is 3.92. The van der Waals surface area contributed by atoms with Crippen LogP contribution in [0.2, 0.25) is 0 Å². The molecule has 0 radical (unpaired) electrons. The van der Waals surface area contributed by atoms with Crippen LogP contribution in [0, 0.1) is 6.92 Å². The lowest BCUT2D eigenvalue weighted by atomic mass is 10.1. The van der Waals surface area contributed by atoms with Crippen LogP contribution in [-0.2, 0) is 0 Å². The van der Waals surface area contributed by atoms with Crippen molar-refractivity contribution in [3.05, 3.63) is 59.8 Å². The summed E-state index contributed by atoms with van der Waals surface area (Å²) in [5, 5.41) is 5.99. The maximum atomic E-state index is 13.3. The van der Waals surface area contributed by atoms with Crippen molar-refractivity contribution in [1.82, 2.24) is 24.9 Å². The first-order valence-corrected chi connectivity index (χ1v) is 6.95. The number of hydrogen-bond donors (Lipinski definition) is 1. The molecule has 0 saturated carbocycles. The minimum atomic E-state index is -4.66. The molecule has 1 N–H and O–H groups in total. The van der Waals surface area contributed by atoms with Gasteiger partial charge in [0.2, 0.25) is 0 Å². The molecule has 124 valence electrons. The number of carbonyl (C=O) groups is 1. The van der Waals surface area contributed by atoms with Crippen LogP contribution in [0.3, 0.4) is 0 Å². The van der Waals surface area contributed by atoms with Gasteiger partial charge in [-0.25, -0.2) is 9.50 Å². The SMILES string of the molecule is Cc1c(C(=O)N[C@@H](c2cccnc2)C(F)(F)F)cnc2ccnn12. The predicted molar refractivity (Wildman–Crippen MR) is 78.2 cm³/mol. The molecule has 0 aliphatic heterocycles. The van der Waals surface area contributed by atoms with Crippen molar-refractivity contribution in [1.29, 1.82) is 0 Å². The minimum Gasteiger partial charge on any atom is -0.337 e. The van der Waals surface area contributed by atoms with Crippen LogP contribution in [0.25, 0.3) is 5.65 Å². The lowest BCUT2D eigenvalue weighted by Gasteiger charge is -2.22. The van der Waals surface area contributed by atoms with E-state index in [0.717, 1.165) is 6.20 Å². The van der Waals surface area contributed by atoms with E-state index in [1.807, 2.05) is 5.32 Å². The average Bonchev–Trinajstić information content (AvgIpc) is 3.02. The molecule has 0 aliphatic carbocycles. The lowest BCUT2D eigenvalue weighted by Crippen LogP contribution is -2.38. The van der Waals surface area contributed by atoms with E-state index in [-0.39, 0.29) is 11.1 Å². The molecule has 0 aromatic carbocycles. The topological polar surface area (TPSA) is 72.2 Å². The van der Waals surface area contributed by atoms with Crippen molar-refractivity contribution in [3.63, 3.8) is 0 Å². The normalized spacial score (nSPS) is 13.0.